The molecule has 1 aromatic carbocycles. The quantitative estimate of drug-likeness (QED) is 0.860. The van der Waals surface area contributed by atoms with Crippen molar-refractivity contribution in [1.82, 2.24) is 5.32 Å². The van der Waals surface area contributed by atoms with Crippen molar-refractivity contribution in [3.05, 3.63) is 23.1 Å². The van der Waals surface area contributed by atoms with Gasteiger partial charge in [0.05, 0.1) is 24.3 Å². The van der Waals surface area contributed by atoms with Crippen LogP contribution in [0, 0.1) is 0 Å². The summed E-state index contributed by atoms with van der Waals surface area (Å²) in [6, 6.07) is 5.65. The fourth-order valence-electron chi connectivity index (χ4n) is 2.14. The monoisotopic (exact) mass is 308 g/mol. The molecule has 1 amide bonds. The smallest absolute Gasteiger partial charge is 0.263 e. The van der Waals surface area contributed by atoms with Crippen LogP contribution in [0.25, 0.3) is 10.1 Å². The van der Waals surface area contributed by atoms with Crippen molar-refractivity contribution < 1.29 is 14.3 Å². The Kier molecular flexibility index (Phi) is 5.03. The van der Waals surface area contributed by atoms with E-state index in [2.05, 4.69) is 5.32 Å². The lowest BCUT2D eigenvalue weighted by atomic mass is 10.2. The SMILES string of the molecule is CCOC(C)CNC(=O)c1sc2cccc(OC)c2c1N. The molecule has 1 unspecified atom stereocenters. The number of carbonyl (C=O) groups excluding carboxylic acids is 1. The predicted molar refractivity (Wildman–Crippen MR) is 86.2 cm³/mol. The first-order chi connectivity index (χ1) is 10.1. The van der Waals surface area contributed by atoms with E-state index in [1.54, 1.807) is 7.11 Å². The topological polar surface area (TPSA) is 73.6 Å². The number of nitrogens with one attached hydrogen (secondary N) is 1. The lowest BCUT2D eigenvalue weighted by molar-refractivity contribution is 0.0697. The molecule has 0 radical (unpaired) electrons. The summed E-state index contributed by atoms with van der Waals surface area (Å²) in [6.07, 6.45) is -0.0240. The molecule has 0 fully saturated rings. The molecule has 3 N–H and O–H groups in total. The molecule has 0 aliphatic rings. The van der Waals surface area contributed by atoms with Crippen LogP contribution in [0.4, 0.5) is 5.69 Å². The number of fused-ring (bicyclic) bond motifs is 1. The van der Waals surface area contributed by atoms with E-state index < -0.39 is 0 Å². The Bertz CT molecular complexity index is 639. The van der Waals surface area contributed by atoms with Crippen LogP contribution in [0.1, 0.15) is 23.5 Å². The lowest BCUT2D eigenvalue weighted by Crippen LogP contribution is -2.32. The molecule has 1 aromatic heterocycles. The highest BCUT2D eigenvalue weighted by atomic mass is 32.1. The third-order valence-corrected chi connectivity index (χ3v) is 4.31. The molecule has 0 aliphatic carbocycles. The van der Waals surface area contributed by atoms with Gasteiger partial charge in [0.1, 0.15) is 10.6 Å². The first-order valence-electron chi connectivity index (χ1n) is 6.83. The summed E-state index contributed by atoms with van der Waals surface area (Å²) in [5, 5.41) is 3.65. The molecule has 5 nitrogen and oxygen atoms in total. The Hall–Kier alpha value is -1.79. The van der Waals surface area contributed by atoms with E-state index in [-0.39, 0.29) is 12.0 Å². The molecule has 0 saturated carbocycles. The number of benzene rings is 1. The molecule has 0 aliphatic heterocycles. The van der Waals surface area contributed by atoms with Crippen molar-refractivity contribution in [3.8, 4) is 5.75 Å². The number of nitrogens with two attached hydrogens (primary N) is 1. The van der Waals surface area contributed by atoms with E-state index >= 15 is 0 Å². The summed E-state index contributed by atoms with van der Waals surface area (Å²) >= 11 is 1.37. The minimum Gasteiger partial charge on any atom is -0.496 e. The van der Waals surface area contributed by atoms with E-state index in [0.717, 1.165) is 10.1 Å². The van der Waals surface area contributed by atoms with Gasteiger partial charge < -0.3 is 20.5 Å². The third-order valence-electron chi connectivity index (χ3n) is 3.14. The maximum Gasteiger partial charge on any atom is 0.263 e. The molecule has 6 heteroatoms. The first-order valence-corrected chi connectivity index (χ1v) is 7.64. The zero-order valence-electron chi connectivity index (χ0n) is 12.4. The molecule has 0 bridgehead atoms. The second kappa shape index (κ2) is 6.78. The molecular weight excluding hydrogens is 288 g/mol. The van der Waals surface area contributed by atoms with Crippen LogP contribution in [-0.2, 0) is 4.74 Å². The average molecular weight is 308 g/mol. The van der Waals surface area contributed by atoms with Gasteiger partial charge in [0.25, 0.3) is 5.91 Å². The highest BCUT2D eigenvalue weighted by molar-refractivity contribution is 7.21. The Labute approximate surface area is 128 Å². The average Bonchev–Trinajstić information content (AvgIpc) is 2.82. The van der Waals surface area contributed by atoms with Gasteiger partial charge in [0.2, 0.25) is 0 Å². The summed E-state index contributed by atoms with van der Waals surface area (Å²) < 4.78 is 11.6. The van der Waals surface area contributed by atoms with E-state index in [0.29, 0.717) is 29.5 Å². The standard InChI is InChI=1S/C15H20N2O3S/c1-4-20-9(2)8-17-15(18)14-13(16)12-10(19-3)6-5-7-11(12)21-14/h5-7,9H,4,8,16H2,1-3H3,(H,17,18). The molecular formula is C15H20N2O3S. The van der Waals surface area contributed by atoms with Gasteiger partial charge in [-0.15, -0.1) is 11.3 Å². The number of amides is 1. The third kappa shape index (κ3) is 3.28. The Morgan fingerprint density at radius 1 is 1.48 bits per heavy atom. The van der Waals surface area contributed by atoms with Crippen LogP contribution >= 0.6 is 11.3 Å². The number of ether oxygens (including phenoxy) is 2. The van der Waals surface area contributed by atoms with Gasteiger partial charge in [-0.2, -0.15) is 0 Å². The van der Waals surface area contributed by atoms with Crippen molar-refractivity contribution in [2.75, 3.05) is 26.0 Å². The van der Waals surface area contributed by atoms with Crippen LogP contribution in [-0.4, -0.2) is 32.3 Å². The van der Waals surface area contributed by atoms with Gasteiger partial charge in [-0.25, -0.2) is 0 Å². The molecule has 2 rings (SSSR count). The predicted octanol–water partition coefficient (Wildman–Crippen LogP) is 2.65. The van der Waals surface area contributed by atoms with Gasteiger partial charge >= 0.3 is 0 Å². The highest BCUT2D eigenvalue weighted by Gasteiger charge is 2.19. The van der Waals surface area contributed by atoms with Gasteiger partial charge in [0, 0.05) is 17.9 Å². The number of rotatable bonds is 6. The van der Waals surface area contributed by atoms with Crippen molar-refractivity contribution in [2.24, 2.45) is 0 Å². The maximum absolute atomic E-state index is 12.3. The molecule has 1 atom stereocenters. The van der Waals surface area contributed by atoms with Crippen LogP contribution in [0.3, 0.4) is 0 Å². The zero-order chi connectivity index (χ0) is 15.4. The minimum absolute atomic E-state index is 0.0240. The van der Waals surface area contributed by atoms with E-state index in [1.165, 1.54) is 11.3 Å². The largest absolute Gasteiger partial charge is 0.496 e. The van der Waals surface area contributed by atoms with E-state index in [4.69, 9.17) is 15.2 Å². The van der Waals surface area contributed by atoms with Crippen LogP contribution in [0.5, 0.6) is 5.75 Å². The number of carbonyl (C=O) groups is 1. The zero-order valence-corrected chi connectivity index (χ0v) is 13.3. The van der Waals surface area contributed by atoms with Gasteiger partial charge in [0.15, 0.2) is 0 Å². The molecule has 21 heavy (non-hydrogen) atoms. The number of thiophene rings is 1. The van der Waals surface area contributed by atoms with Crippen molar-refractivity contribution in [1.29, 1.82) is 0 Å². The van der Waals surface area contributed by atoms with Gasteiger partial charge in [-0.3, -0.25) is 4.79 Å². The summed E-state index contributed by atoms with van der Waals surface area (Å²) in [6.45, 7) is 4.92. The first kappa shape index (κ1) is 15.6. The highest BCUT2D eigenvalue weighted by Crippen LogP contribution is 2.39. The summed E-state index contributed by atoms with van der Waals surface area (Å²) in [4.78, 5) is 12.8. The normalized spacial score (nSPS) is 12.3. The lowest BCUT2D eigenvalue weighted by Gasteiger charge is -2.12. The summed E-state index contributed by atoms with van der Waals surface area (Å²) in [5.74, 6) is 0.505. The number of hydrogen-bond donors (Lipinski definition) is 2. The molecule has 0 spiro atoms. The number of hydrogen-bond acceptors (Lipinski definition) is 5. The summed E-state index contributed by atoms with van der Waals surface area (Å²) in [5.41, 5.74) is 6.59. The van der Waals surface area contributed by atoms with E-state index in [1.807, 2.05) is 32.0 Å². The molecule has 114 valence electrons. The number of methoxy groups -OCH3 is 1. The Morgan fingerprint density at radius 3 is 2.90 bits per heavy atom. The van der Waals surface area contributed by atoms with Crippen LogP contribution < -0.4 is 15.8 Å². The minimum atomic E-state index is -0.178. The van der Waals surface area contributed by atoms with Crippen molar-refractivity contribution in [3.63, 3.8) is 0 Å². The van der Waals surface area contributed by atoms with Gasteiger partial charge in [-0.1, -0.05) is 6.07 Å². The number of nitrogen functional groups attached to an aromatic ring is 1. The van der Waals surface area contributed by atoms with Crippen LogP contribution in [0.15, 0.2) is 18.2 Å². The van der Waals surface area contributed by atoms with E-state index in [9.17, 15) is 4.79 Å². The second-order valence-electron chi connectivity index (χ2n) is 4.65. The molecule has 2 aromatic rings. The number of anilines is 1. The molecule has 1 heterocycles. The van der Waals surface area contributed by atoms with Crippen molar-refractivity contribution in [2.45, 2.75) is 20.0 Å². The maximum atomic E-state index is 12.3. The van der Waals surface area contributed by atoms with Crippen LogP contribution in [0.2, 0.25) is 0 Å². The summed E-state index contributed by atoms with van der Waals surface area (Å²) in [7, 11) is 1.59. The Balaban J connectivity index is 2.22. The second-order valence-corrected chi connectivity index (χ2v) is 5.71. The van der Waals surface area contributed by atoms with Gasteiger partial charge in [-0.05, 0) is 26.0 Å². The van der Waals surface area contributed by atoms with Crippen molar-refractivity contribution >= 4 is 33.0 Å². The Morgan fingerprint density at radius 2 is 2.24 bits per heavy atom. The fourth-order valence-corrected chi connectivity index (χ4v) is 3.19. The molecule has 0 saturated heterocycles. The fraction of sp³-hybridized carbons (Fsp3) is 0.400.